The molecule has 2 heterocycles. The molecule has 20 heavy (non-hydrogen) atoms. The molecule has 1 aliphatic heterocycles. The number of carbonyl (C=O) groups excluding carboxylic acids is 1. The van der Waals surface area contributed by atoms with E-state index in [1.165, 1.54) is 0 Å². The molecule has 1 aromatic heterocycles. The van der Waals surface area contributed by atoms with Crippen LogP contribution in [0.3, 0.4) is 0 Å². The number of rotatable bonds is 5. The molecule has 0 bridgehead atoms. The minimum atomic E-state index is -0.157. The standard InChI is InChI=1S/C15H23N3O2/c1-3-7-15(12-20-2)8-5-10-18(15)14(19)17-13-6-4-9-16-11-13/h4,6,9,11H,3,5,7-8,10,12H2,1-2H3,(H,17,19). The van der Waals surface area contributed by atoms with Crippen LogP contribution in [0, 0.1) is 0 Å². The van der Waals surface area contributed by atoms with E-state index in [2.05, 4.69) is 17.2 Å². The highest BCUT2D eigenvalue weighted by Crippen LogP contribution is 2.34. The van der Waals surface area contributed by atoms with E-state index in [1.807, 2.05) is 17.0 Å². The summed E-state index contributed by atoms with van der Waals surface area (Å²) in [5.41, 5.74) is 0.572. The second kappa shape index (κ2) is 6.70. The summed E-state index contributed by atoms with van der Waals surface area (Å²) in [6.07, 6.45) is 7.41. The van der Waals surface area contributed by atoms with Crippen molar-refractivity contribution >= 4 is 11.7 Å². The number of anilines is 1. The summed E-state index contributed by atoms with van der Waals surface area (Å²) < 4.78 is 5.38. The number of hydrogen-bond acceptors (Lipinski definition) is 3. The van der Waals surface area contributed by atoms with Gasteiger partial charge >= 0.3 is 6.03 Å². The van der Waals surface area contributed by atoms with Crippen LogP contribution in [0.25, 0.3) is 0 Å². The maximum Gasteiger partial charge on any atom is 0.322 e. The van der Waals surface area contributed by atoms with E-state index in [0.717, 1.165) is 37.9 Å². The van der Waals surface area contributed by atoms with E-state index in [9.17, 15) is 4.79 Å². The highest BCUT2D eigenvalue weighted by atomic mass is 16.5. The van der Waals surface area contributed by atoms with Crippen LogP contribution >= 0.6 is 0 Å². The van der Waals surface area contributed by atoms with E-state index in [0.29, 0.717) is 6.61 Å². The van der Waals surface area contributed by atoms with Crippen LogP contribution in [0.1, 0.15) is 32.6 Å². The summed E-state index contributed by atoms with van der Waals surface area (Å²) in [4.78, 5) is 18.5. The molecule has 2 rings (SSSR count). The normalized spacial score (nSPS) is 22.0. The van der Waals surface area contributed by atoms with E-state index < -0.39 is 0 Å². The highest BCUT2D eigenvalue weighted by molar-refractivity contribution is 5.89. The van der Waals surface area contributed by atoms with Crippen LogP contribution in [0.5, 0.6) is 0 Å². The first-order chi connectivity index (χ1) is 9.72. The SMILES string of the molecule is CCCC1(COC)CCCN1C(=O)Nc1cccnc1. The number of pyridine rings is 1. The van der Waals surface area contributed by atoms with Gasteiger partial charge < -0.3 is 15.0 Å². The van der Waals surface area contributed by atoms with Crippen molar-refractivity contribution < 1.29 is 9.53 Å². The Balaban J connectivity index is 2.10. The summed E-state index contributed by atoms with van der Waals surface area (Å²) in [7, 11) is 1.70. The first kappa shape index (κ1) is 14.8. The van der Waals surface area contributed by atoms with Gasteiger partial charge in [0.2, 0.25) is 0 Å². The number of ether oxygens (including phenoxy) is 1. The zero-order valence-corrected chi connectivity index (χ0v) is 12.3. The number of amides is 2. The highest BCUT2D eigenvalue weighted by Gasteiger charge is 2.42. The van der Waals surface area contributed by atoms with Gasteiger partial charge in [-0.25, -0.2) is 4.79 Å². The number of likely N-dealkylation sites (tertiary alicyclic amines) is 1. The van der Waals surface area contributed by atoms with Gasteiger partial charge in [-0.15, -0.1) is 0 Å². The quantitative estimate of drug-likeness (QED) is 0.900. The van der Waals surface area contributed by atoms with Gasteiger partial charge in [-0.05, 0) is 31.4 Å². The second-order valence-corrected chi connectivity index (χ2v) is 5.33. The molecule has 5 nitrogen and oxygen atoms in total. The van der Waals surface area contributed by atoms with Crippen molar-refractivity contribution in [3.63, 3.8) is 0 Å². The molecule has 1 aromatic rings. The molecule has 1 N–H and O–H groups in total. The third-order valence-electron chi connectivity index (χ3n) is 3.88. The average Bonchev–Trinajstić information content (AvgIpc) is 2.84. The molecular formula is C15H23N3O2. The van der Waals surface area contributed by atoms with Crippen molar-refractivity contribution in [1.82, 2.24) is 9.88 Å². The molecule has 2 amide bonds. The Morgan fingerprint density at radius 1 is 1.60 bits per heavy atom. The Bertz CT molecular complexity index is 430. The van der Waals surface area contributed by atoms with Crippen LogP contribution < -0.4 is 5.32 Å². The van der Waals surface area contributed by atoms with Gasteiger partial charge in [0, 0.05) is 19.9 Å². The van der Waals surface area contributed by atoms with Crippen LogP contribution in [-0.2, 0) is 4.74 Å². The van der Waals surface area contributed by atoms with Crippen molar-refractivity contribution in [3.05, 3.63) is 24.5 Å². The van der Waals surface area contributed by atoms with Crippen molar-refractivity contribution in [2.75, 3.05) is 25.6 Å². The molecule has 1 unspecified atom stereocenters. The lowest BCUT2D eigenvalue weighted by Crippen LogP contribution is -2.51. The fraction of sp³-hybridized carbons (Fsp3) is 0.600. The van der Waals surface area contributed by atoms with Gasteiger partial charge in [0.1, 0.15) is 0 Å². The van der Waals surface area contributed by atoms with Crippen LogP contribution in [-0.4, -0.2) is 41.7 Å². The fourth-order valence-electron chi connectivity index (χ4n) is 3.10. The van der Waals surface area contributed by atoms with Gasteiger partial charge in [0.25, 0.3) is 0 Å². The largest absolute Gasteiger partial charge is 0.382 e. The number of methoxy groups -OCH3 is 1. The second-order valence-electron chi connectivity index (χ2n) is 5.33. The Morgan fingerprint density at radius 3 is 3.10 bits per heavy atom. The van der Waals surface area contributed by atoms with Gasteiger partial charge in [-0.2, -0.15) is 0 Å². The van der Waals surface area contributed by atoms with Crippen molar-refractivity contribution in [2.45, 2.75) is 38.1 Å². The molecular weight excluding hydrogens is 254 g/mol. The molecule has 110 valence electrons. The number of aromatic nitrogens is 1. The molecule has 1 atom stereocenters. The molecule has 0 aromatic carbocycles. The molecule has 1 fully saturated rings. The Morgan fingerprint density at radius 2 is 2.45 bits per heavy atom. The smallest absolute Gasteiger partial charge is 0.322 e. The maximum absolute atomic E-state index is 12.5. The van der Waals surface area contributed by atoms with E-state index in [4.69, 9.17) is 4.74 Å². The number of nitrogens with one attached hydrogen (secondary N) is 1. The van der Waals surface area contributed by atoms with Crippen LogP contribution in [0.4, 0.5) is 10.5 Å². The summed E-state index contributed by atoms with van der Waals surface area (Å²) in [6.45, 7) is 3.53. The van der Waals surface area contributed by atoms with Crippen molar-refractivity contribution in [2.24, 2.45) is 0 Å². The maximum atomic E-state index is 12.5. The first-order valence-corrected chi connectivity index (χ1v) is 7.19. The predicted octanol–water partition coefficient (Wildman–Crippen LogP) is 2.89. The Labute approximate surface area is 120 Å². The topological polar surface area (TPSA) is 54.5 Å². The van der Waals surface area contributed by atoms with Crippen molar-refractivity contribution in [1.29, 1.82) is 0 Å². The monoisotopic (exact) mass is 277 g/mol. The van der Waals surface area contributed by atoms with Crippen molar-refractivity contribution in [3.8, 4) is 0 Å². The molecule has 0 aliphatic carbocycles. The number of hydrogen-bond donors (Lipinski definition) is 1. The fourth-order valence-corrected chi connectivity index (χ4v) is 3.10. The zero-order chi connectivity index (χ0) is 14.4. The molecule has 1 aliphatic rings. The van der Waals surface area contributed by atoms with E-state index in [1.54, 1.807) is 19.5 Å². The molecule has 5 heteroatoms. The minimum Gasteiger partial charge on any atom is -0.382 e. The lowest BCUT2D eigenvalue weighted by atomic mass is 9.91. The van der Waals surface area contributed by atoms with E-state index >= 15 is 0 Å². The third-order valence-corrected chi connectivity index (χ3v) is 3.88. The molecule has 1 saturated heterocycles. The van der Waals surface area contributed by atoms with Gasteiger partial charge in [0.15, 0.2) is 0 Å². The molecule has 0 spiro atoms. The molecule has 0 radical (unpaired) electrons. The predicted molar refractivity (Wildman–Crippen MR) is 78.7 cm³/mol. The Kier molecular flexibility index (Phi) is 4.95. The number of nitrogens with zero attached hydrogens (tertiary/aromatic N) is 2. The third kappa shape index (κ3) is 3.10. The summed E-state index contributed by atoms with van der Waals surface area (Å²) in [5, 5.41) is 2.92. The van der Waals surface area contributed by atoms with Gasteiger partial charge in [-0.3, -0.25) is 4.98 Å². The number of carbonyl (C=O) groups is 1. The summed E-state index contributed by atoms with van der Waals surface area (Å²) in [5.74, 6) is 0. The first-order valence-electron chi connectivity index (χ1n) is 7.19. The molecule has 0 saturated carbocycles. The van der Waals surface area contributed by atoms with Gasteiger partial charge in [-0.1, -0.05) is 13.3 Å². The Hall–Kier alpha value is -1.62. The lowest BCUT2D eigenvalue weighted by molar-refractivity contribution is 0.0540. The lowest BCUT2D eigenvalue weighted by Gasteiger charge is -2.38. The van der Waals surface area contributed by atoms with Gasteiger partial charge in [0.05, 0.1) is 24.0 Å². The number of urea groups is 1. The summed E-state index contributed by atoms with van der Waals surface area (Å²) >= 11 is 0. The van der Waals surface area contributed by atoms with Crippen LogP contribution in [0.15, 0.2) is 24.5 Å². The average molecular weight is 277 g/mol. The summed E-state index contributed by atoms with van der Waals surface area (Å²) in [6, 6.07) is 3.60. The minimum absolute atomic E-state index is 0.0546. The zero-order valence-electron chi connectivity index (χ0n) is 12.3. The van der Waals surface area contributed by atoms with Crippen LogP contribution in [0.2, 0.25) is 0 Å². The van der Waals surface area contributed by atoms with E-state index in [-0.39, 0.29) is 11.6 Å².